The minimum Gasteiger partial charge on any atom is -0.364 e. The molecule has 0 aromatic rings. The molecule has 0 spiro atoms. The van der Waals surface area contributed by atoms with E-state index in [-0.39, 0.29) is 12.2 Å². The quantitative estimate of drug-likeness (QED) is 0.620. The van der Waals surface area contributed by atoms with Crippen molar-refractivity contribution in [3.05, 3.63) is 0 Å². The van der Waals surface area contributed by atoms with E-state index in [2.05, 4.69) is 23.8 Å². The van der Waals surface area contributed by atoms with E-state index in [0.717, 1.165) is 38.8 Å². The van der Waals surface area contributed by atoms with Gasteiger partial charge in [0.1, 0.15) is 0 Å². The lowest BCUT2D eigenvalue weighted by atomic mass is 10.2. The summed E-state index contributed by atoms with van der Waals surface area (Å²) in [6.45, 7) is 6.09. The zero-order chi connectivity index (χ0) is 10.9. The van der Waals surface area contributed by atoms with Crippen LogP contribution in [-0.4, -0.2) is 37.7 Å². The van der Waals surface area contributed by atoms with E-state index in [9.17, 15) is 0 Å². The van der Waals surface area contributed by atoms with Gasteiger partial charge in [0.25, 0.3) is 0 Å². The molecule has 0 radical (unpaired) electrons. The van der Waals surface area contributed by atoms with Gasteiger partial charge in [0, 0.05) is 25.5 Å². The number of ether oxygens (including phenoxy) is 1. The Morgan fingerprint density at radius 3 is 1.87 bits per heavy atom. The van der Waals surface area contributed by atoms with E-state index >= 15 is 0 Å². The van der Waals surface area contributed by atoms with Crippen LogP contribution in [0, 0.1) is 0 Å². The van der Waals surface area contributed by atoms with Gasteiger partial charge in [-0.1, -0.05) is 13.8 Å². The topological polar surface area (TPSA) is 34.0 Å². The lowest BCUT2D eigenvalue weighted by Crippen LogP contribution is -2.13. The number of hydrogen-bond acceptors (Lipinski definition) is 3. The Bertz CT molecular complexity index is 192. The van der Waals surface area contributed by atoms with Crippen molar-refractivity contribution in [3.63, 3.8) is 0 Å². The molecule has 1 rings (SSSR count). The molecule has 1 aliphatic heterocycles. The standard InChI is InChI=1S/C12H22N2O/c1-3-7-13-9-11-5-6-12(15-11)10-14-8-4-2/h9-12H,3-8H2,1-2H3. The Kier molecular flexibility index (Phi) is 6.25. The van der Waals surface area contributed by atoms with Gasteiger partial charge in [-0.25, -0.2) is 0 Å². The molecule has 2 atom stereocenters. The van der Waals surface area contributed by atoms with Crippen LogP contribution in [0.15, 0.2) is 9.98 Å². The van der Waals surface area contributed by atoms with Gasteiger partial charge in [-0.2, -0.15) is 0 Å². The third-order valence-electron chi connectivity index (χ3n) is 2.33. The average Bonchev–Trinajstić information content (AvgIpc) is 2.67. The largest absolute Gasteiger partial charge is 0.364 e. The Hall–Kier alpha value is -0.700. The molecule has 15 heavy (non-hydrogen) atoms. The minimum atomic E-state index is 0.217. The third kappa shape index (κ3) is 5.07. The number of aliphatic imine (C=N–C) groups is 2. The molecule has 0 amide bonds. The van der Waals surface area contributed by atoms with Crippen molar-refractivity contribution in [2.45, 2.75) is 51.7 Å². The van der Waals surface area contributed by atoms with Gasteiger partial charge in [-0.05, 0) is 25.7 Å². The van der Waals surface area contributed by atoms with Crippen molar-refractivity contribution < 1.29 is 4.74 Å². The van der Waals surface area contributed by atoms with Crippen LogP contribution in [0.25, 0.3) is 0 Å². The summed E-state index contributed by atoms with van der Waals surface area (Å²) < 4.78 is 5.76. The lowest BCUT2D eigenvalue weighted by molar-refractivity contribution is 0.129. The highest BCUT2D eigenvalue weighted by molar-refractivity contribution is 5.68. The highest BCUT2D eigenvalue weighted by atomic mass is 16.5. The van der Waals surface area contributed by atoms with E-state index < -0.39 is 0 Å². The molecule has 3 nitrogen and oxygen atoms in total. The molecule has 0 saturated carbocycles. The highest BCUT2D eigenvalue weighted by Gasteiger charge is 2.21. The van der Waals surface area contributed by atoms with Gasteiger partial charge in [0.15, 0.2) is 0 Å². The normalized spacial score (nSPS) is 27.1. The van der Waals surface area contributed by atoms with Crippen LogP contribution < -0.4 is 0 Å². The van der Waals surface area contributed by atoms with Gasteiger partial charge in [0.05, 0.1) is 12.2 Å². The fourth-order valence-corrected chi connectivity index (χ4v) is 1.55. The molecule has 2 unspecified atom stereocenters. The second-order valence-corrected chi connectivity index (χ2v) is 3.90. The summed E-state index contributed by atoms with van der Waals surface area (Å²) in [6, 6.07) is 0. The zero-order valence-corrected chi connectivity index (χ0v) is 9.85. The first-order chi connectivity index (χ1) is 7.36. The van der Waals surface area contributed by atoms with Crippen molar-refractivity contribution in [2.75, 3.05) is 13.1 Å². The predicted octanol–water partition coefficient (Wildman–Crippen LogP) is 2.50. The molecule has 0 aromatic heterocycles. The maximum Gasteiger partial charge on any atom is 0.0931 e. The smallest absolute Gasteiger partial charge is 0.0931 e. The molecular formula is C12H22N2O. The summed E-state index contributed by atoms with van der Waals surface area (Å²) in [5.41, 5.74) is 0. The van der Waals surface area contributed by atoms with Crippen molar-refractivity contribution >= 4 is 12.4 Å². The van der Waals surface area contributed by atoms with Crippen molar-refractivity contribution in [1.29, 1.82) is 0 Å². The molecule has 1 heterocycles. The van der Waals surface area contributed by atoms with Gasteiger partial charge >= 0.3 is 0 Å². The molecule has 0 aliphatic carbocycles. The summed E-state index contributed by atoms with van der Waals surface area (Å²) in [5, 5.41) is 0. The van der Waals surface area contributed by atoms with Crippen LogP contribution in [-0.2, 0) is 4.74 Å². The molecule has 3 heteroatoms. The van der Waals surface area contributed by atoms with Crippen LogP contribution in [0.2, 0.25) is 0 Å². The summed E-state index contributed by atoms with van der Waals surface area (Å²) in [4.78, 5) is 8.62. The van der Waals surface area contributed by atoms with Crippen LogP contribution in [0.4, 0.5) is 0 Å². The van der Waals surface area contributed by atoms with Crippen molar-refractivity contribution in [2.24, 2.45) is 9.98 Å². The monoisotopic (exact) mass is 210 g/mol. The first kappa shape index (κ1) is 12.4. The van der Waals surface area contributed by atoms with Gasteiger partial charge < -0.3 is 4.74 Å². The van der Waals surface area contributed by atoms with Crippen LogP contribution in [0.3, 0.4) is 0 Å². The summed E-state index contributed by atoms with van der Waals surface area (Å²) in [5.74, 6) is 0. The zero-order valence-electron chi connectivity index (χ0n) is 9.85. The fraction of sp³-hybridized carbons (Fsp3) is 0.833. The van der Waals surface area contributed by atoms with E-state index in [0.29, 0.717) is 0 Å². The number of hydrogen-bond donors (Lipinski definition) is 0. The van der Waals surface area contributed by atoms with Crippen LogP contribution in [0.1, 0.15) is 39.5 Å². The van der Waals surface area contributed by atoms with Crippen LogP contribution >= 0.6 is 0 Å². The van der Waals surface area contributed by atoms with E-state index in [1.54, 1.807) is 0 Å². The van der Waals surface area contributed by atoms with E-state index in [4.69, 9.17) is 4.74 Å². The summed E-state index contributed by atoms with van der Waals surface area (Å²) >= 11 is 0. The maximum atomic E-state index is 5.76. The molecule has 1 fully saturated rings. The van der Waals surface area contributed by atoms with Gasteiger partial charge in [-0.15, -0.1) is 0 Å². The van der Waals surface area contributed by atoms with Gasteiger partial charge in [0.2, 0.25) is 0 Å². The first-order valence-corrected chi connectivity index (χ1v) is 6.02. The molecule has 0 aromatic carbocycles. The maximum absolute atomic E-state index is 5.76. The molecule has 1 saturated heterocycles. The van der Waals surface area contributed by atoms with Crippen molar-refractivity contribution in [3.8, 4) is 0 Å². The third-order valence-corrected chi connectivity index (χ3v) is 2.33. The Labute approximate surface area is 92.7 Å². The molecule has 1 aliphatic rings. The van der Waals surface area contributed by atoms with Crippen LogP contribution in [0.5, 0.6) is 0 Å². The molecule has 86 valence electrons. The summed E-state index contributed by atoms with van der Waals surface area (Å²) in [6.07, 6.45) is 8.71. The van der Waals surface area contributed by atoms with Crippen molar-refractivity contribution in [1.82, 2.24) is 0 Å². The SMILES string of the molecule is CCCN=CC1CCC(C=NCCC)O1. The second-order valence-electron chi connectivity index (χ2n) is 3.90. The second kappa shape index (κ2) is 7.57. The van der Waals surface area contributed by atoms with Gasteiger partial charge in [-0.3, -0.25) is 9.98 Å². The first-order valence-electron chi connectivity index (χ1n) is 6.02. The number of rotatable bonds is 6. The van der Waals surface area contributed by atoms with E-state index in [1.165, 1.54) is 0 Å². The molecule has 0 bridgehead atoms. The number of nitrogens with zero attached hydrogens (tertiary/aromatic N) is 2. The Balaban J connectivity index is 2.20. The average molecular weight is 210 g/mol. The predicted molar refractivity (Wildman–Crippen MR) is 65.2 cm³/mol. The Morgan fingerprint density at radius 1 is 1.00 bits per heavy atom. The lowest BCUT2D eigenvalue weighted by Gasteiger charge is -2.05. The Morgan fingerprint density at radius 2 is 1.47 bits per heavy atom. The van der Waals surface area contributed by atoms with E-state index in [1.807, 2.05) is 12.4 Å². The molecule has 0 N–H and O–H groups in total. The highest BCUT2D eigenvalue weighted by Crippen LogP contribution is 2.16. The summed E-state index contributed by atoms with van der Waals surface area (Å²) in [7, 11) is 0. The minimum absolute atomic E-state index is 0.217. The molecular weight excluding hydrogens is 188 g/mol. The fourth-order valence-electron chi connectivity index (χ4n) is 1.55.